The Morgan fingerprint density at radius 1 is 1.23 bits per heavy atom. The quantitative estimate of drug-likeness (QED) is 0.616. The van der Waals surface area contributed by atoms with Crippen molar-refractivity contribution in [2.45, 2.75) is 45.6 Å². The number of nitrogens with one attached hydrogen (secondary N) is 1. The molecular weight excluding hydrogens is 394 g/mol. The molecule has 0 spiro atoms. The smallest absolute Gasteiger partial charge is 0.338 e. The molecule has 7 nitrogen and oxygen atoms in total. The standard InChI is InChI=1S/C24H25N3O4/c1-3-15(2)17-7-4-5-8-19(17)26-22(28)14-31-24(30)16-10-11-18-20(13-16)25-21-9-6-12-27(21)23(18)29/h4-5,7-8,10-11,13,15H,3,6,9,12,14H2,1-2H3,(H,26,28)/t15-/m1/s1. The molecule has 0 bridgehead atoms. The first-order chi connectivity index (χ1) is 15.0. The lowest BCUT2D eigenvalue weighted by atomic mass is 9.97. The summed E-state index contributed by atoms with van der Waals surface area (Å²) in [5.41, 5.74) is 2.41. The van der Waals surface area contributed by atoms with Gasteiger partial charge in [-0.3, -0.25) is 14.2 Å². The summed E-state index contributed by atoms with van der Waals surface area (Å²) in [7, 11) is 0. The summed E-state index contributed by atoms with van der Waals surface area (Å²) in [6.45, 7) is 4.47. The SMILES string of the molecule is CC[C@@H](C)c1ccccc1NC(=O)COC(=O)c1ccc2c(=O)n3c(nc2c1)CCC3. The van der Waals surface area contributed by atoms with E-state index in [0.29, 0.717) is 23.4 Å². The molecule has 0 radical (unpaired) electrons. The number of carbonyl (C=O) groups is 2. The summed E-state index contributed by atoms with van der Waals surface area (Å²) in [5.74, 6) is 0.00535. The van der Waals surface area contributed by atoms with E-state index >= 15 is 0 Å². The number of esters is 1. The summed E-state index contributed by atoms with van der Waals surface area (Å²) in [4.78, 5) is 41.9. The van der Waals surface area contributed by atoms with Gasteiger partial charge in [-0.25, -0.2) is 9.78 Å². The van der Waals surface area contributed by atoms with E-state index in [1.165, 1.54) is 6.07 Å². The Bertz CT molecular complexity index is 1220. The maximum absolute atomic E-state index is 12.5. The minimum atomic E-state index is -0.630. The van der Waals surface area contributed by atoms with Crippen molar-refractivity contribution in [1.29, 1.82) is 0 Å². The molecule has 0 fully saturated rings. The highest BCUT2D eigenvalue weighted by Gasteiger charge is 2.18. The number of nitrogens with zero attached hydrogens (tertiary/aromatic N) is 2. The molecule has 3 aromatic rings. The van der Waals surface area contributed by atoms with Gasteiger partial charge >= 0.3 is 5.97 Å². The molecule has 4 rings (SSSR count). The van der Waals surface area contributed by atoms with Crippen LogP contribution in [0, 0.1) is 0 Å². The van der Waals surface area contributed by atoms with E-state index in [-0.39, 0.29) is 11.1 Å². The van der Waals surface area contributed by atoms with Crippen LogP contribution in [0.2, 0.25) is 0 Å². The van der Waals surface area contributed by atoms with Gasteiger partial charge in [0, 0.05) is 18.7 Å². The first-order valence-corrected chi connectivity index (χ1v) is 10.6. The van der Waals surface area contributed by atoms with Gasteiger partial charge in [0.1, 0.15) is 5.82 Å². The van der Waals surface area contributed by atoms with Crippen molar-refractivity contribution in [2.75, 3.05) is 11.9 Å². The van der Waals surface area contributed by atoms with Gasteiger partial charge in [0.15, 0.2) is 6.61 Å². The number of para-hydroxylation sites is 1. The number of carbonyl (C=O) groups excluding carboxylic acids is 2. The second-order valence-corrected chi connectivity index (χ2v) is 7.84. The number of hydrogen-bond acceptors (Lipinski definition) is 5. The summed E-state index contributed by atoms with van der Waals surface area (Å²) >= 11 is 0. The van der Waals surface area contributed by atoms with Gasteiger partial charge in [-0.1, -0.05) is 32.0 Å². The monoisotopic (exact) mass is 419 g/mol. The Balaban J connectivity index is 1.44. The highest BCUT2D eigenvalue weighted by atomic mass is 16.5. The second kappa shape index (κ2) is 8.71. The first-order valence-electron chi connectivity index (χ1n) is 10.6. The molecule has 7 heteroatoms. The highest BCUT2D eigenvalue weighted by Crippen LogP contribution is 2.26. The van der Waals surface area contributed by atoms with Crippen LogP contribution in [0.5, 0.6) is 0 Å². The molecule has 1 amide bonds. The fraction of sp³-hybridized carbons (Fsp3) is 0.333. The molecule has 2 heterocycles. The lowest BCUT2D eigenvalue weighted by Crippen LogP contribution is -2.22. The molecule has 0 saturated carbocycles. The summed E-state index contributed by atoms with van der Waals surface area (Å²) in [6.07, 6.45) is 2.59. The predicted octanol–water partition coefficient (Wildman–Crippen LogP) is 3.65. The third-order valence-corrected chi connectivity index (χ3v) is 5.76. The Kier molecular flexibility index (Phi) is 5.84. The lowest BCUT2D eigenvalue weighted by Gasteiger charge is -2.15. The van der Waals surface area contributed by atoms with Crippen LogP contribution in [0.1, 0.15) is 54.4 Å². The number of aryl methyl sites for hydroxylation is 1. The van der Waals surface area contributed by atoms with Crippen LogP contribution in [0.25, 0.3) is 10.9 Å². The van der Waals surface area contributed by atoms with Crippen LogP contribution in [0.4, 0.5) is 5.69 Å². The van der Waals surface area contributed by atoms with Gasteiger partial charge in [-0.05, 0) is 48.6 Å². The largest absolute Gasteiger partial charge is 0.452 e. The normalized spacial score (nSPS) is 13.6. The van der Waals surface area contributed by atoms with E-state index in [4.69, 9.17) is 4.74 Å². The van der Waals surface area contributed by atoms with Gasteiger partial charge < -0.3 is 10.1 Å². The molecule has 0 aliphatic carbocycles. The number of aromatic nitrogens is 2. The van der Waals surface area contributed by atoms with Gasteiger partial charge in [-0.2, -0.15) is 0 Å². The van der Waals surface area contributed by atoms with E-state index in [0.717, 1.165) is 36.3 Å². The summed E-state index contributed by atoms with van der Waals surface area (Å²) in [5, 5.41) is 3.30. The fourth-order valence-corrected chi connectivity index (χ4v) is 3.87. The molecule has 0 unspecified atom stereocenters. The van der Waals surface area contributed by atoms with Crippen molar-refractivity contribution in [3.05, 3.63) is 69.8 Å². The topological polar surface area (TPSA) is 90.3 Å². The van der Waals surface area contributed by atoms with Crippen molar-refractivity contribution in [3.63, 3.8) is 0 Å². The molecular formula is C24H25N3O4. The molecule has 160 valence electrons. The minimum absolute atomic E-state index is 0.0863. The first kappa shape index (κ1) is 20.8. The molecule has 31 heavy (non-hydrogen) atoms. The predicted molar refractivity (Wildman–Crippen MR) is 118 cm³/mol. The third-order valence-electron chi connectivity index (χ3n) is 5.76. The van der Waals surface area contributed by atoms with Crippen LogP contribution in [-0.2, 0) is 22.5 Å². The maximum Gasteiger partial charge on any atom is 0.338 e. The van der Waals surface area contributed by atoms with Crippen LogP contribution < -0.4 is 10.9 Å². The van der Waals surface area contributed by atoms with Gasteiger partial charge in [0.2, 0.25) is 0 Å². The maximum atomic E-state index is 12.5. The van der Waals surface area contributed by atoms with Crippen molar-refractivity contribution >= 4 is 28.5 Å². The van der Waals surface area contributed by atoms with Crippen LogP contribution >= 0.6 is 0 Å². The van der Waals surface area contributed by atoms with Crippen LogP contribution in [-0.4, -0.2) is 28.0 Å². The number of rotatable bonds is 6. The zero-order valence-electron chi connectivity index (χ0n) is 17.7. The Hall–Kier alpha value is -3.48. The Morgan fingerprint density at radius 3 is 2.84 bits per heavy atom. The number of anilines is 1. The molecule has 1 aromatic heterocycles. The fourth-order valence-electron chi connectivity index (χ4n) is 3.87. The minimum Gasteiger partial charge on any atom is -0.452 e. The zero-order valence-corrected chi connectivity index (χ0v) is 17.7. The van der Waals surface area contributed by atoms with Crippen molar-refractivity contribution in [2.24, 2.45) is 0 Å². The number of amides is 1. The van der Waals surface area contributed by atoms with Gasteiger partial charge in [0.25, 0.3) is 11.5 Å². The lowest BCUT2D eigenvalue weighted by molar-refractivity contribution is -0.119. The molecule has 1 aliphatic heterocycles. The molecule has 1 N–H and O–H groups in total. The molecule has 0 saturated heterocycles. The molecule has 1 atom stereocenters. The average molecular weight is 419 g/mol. The number of hydrogen-bond donors (Lipinski definition) is 1. The van der Waals surface area contributed by atoms with Crippen LogP contribution in [0.15, 0.2) is 47.3 Å². The Labute approximate surface area is 180 Å². The van der Waals surface area contributed by atoms with E-state index in [1.54, 1.807) is 16.7 Å². The molecule has 2 aromatic carbocycles. The molecule has 1 aliphatic rings. The van der Waals surface area contributed by atoms with Gasteiger partial charge in [0.05, 0.1) is 16.5 Å². The van der Waals surface area contributed by atoms with E-state index < -0.39 is 18.5 Å². The van der Waals surface area contributed by atoms with E-state index in [1.807, 2.05) is 24.3 Å². The second-order valence-electron chi connectivity index (χ2n) is 7.84. The average Bonchev–Trinajstić information content (AvgIpc) is 3.26. The number of benzene rings is 2. The van der Waals surface area contributed by atoms with E-state index in [2.05, 4.69) is 24.1 Å². The van der Waals surface area contributed by atoms with Crippen molar-refractivity contribution in [1.82, 2.24) is 9.55 Å². The number of fused-ring (bicyclic) bond motifs is 2. The van der Waals surface area contributed by atoms with Crippen molar-refractivity contribution < 1.29 is 14.3 Å². The van der Waals surface area contributed by atoms with E-state index in [9.17, 15) is 14.4 Å². The Morgan fingerprint density at radius 2 is 2.03 bits per heavy atom. The summed E-state index contributed by atoms with van der Waals surface area (Å²) in [6, 6.07) is 12.3. The highest BCUT2D eigenvalue weighted by molar-refractivity contribution is 5.97. The van der Waals surface area contributed by atoms with Crippen molar-refractivity contribution in [3.8, 4) is 0 Å². The third kappa shape index (κ3) is 4.21. The summed E-state index contributed by atoms with van der Waals surface area (Å²) < 4.78 is 6.88. The number of ether oxygens (including phenoxy) is 1. The van der Waals surface area contributed by atoms with Crippen LogP contribution in [0.3, 0.4) is 0 Å². The zero-order chi connectivity index (χ0) is 22.0. The van der Waals surface area contributed by atoms with Gasteiger partial charge in [-0.15, -0.1) is 0 Å².